The summed E-state index contributed by atoms with van der Waals surface area (Å²) < 4.78 is 8.65. The van der Waals surface area contributed by atoms with Gasteiger partial charge in [0.25, 0.3) is 0 Å². The zero-order chi connectivity index (χ0) is 27.6. The molecule has 2 aromatic carbocycles. The van der Waals surface area contributed by atoms with Crippen molar-refractivity contribution in [1.82, 2.24) is 30.0 Å². The van der Waals surface area contributed by atoms with Gasteiger partial charge >= 0.3 is 6.09 Å². The lowest BCUT2D eigenvalue weighted by atomic mass is 10.2. The Bertz CT molecular complexity index is 1770. The first-order valence-electron chi connectivity index (χ1n) is 13.9. The van der Waals surface area contributed by atoms with Gasteiger partial charge in [0.1, 0.15) is 12.4 Å². The molecule has 0 spiro atoms. The molecule has 2 N–H and O–H groups in total. The summed E-state index contributed by atoms with van der Waals surface area (Å²) in [5.74, 6) is 7.35. The van der Waals surface area contributed by atoms with Gasteiger partial charge in [0.05, 0.1) is 39.4 Å². The summed E-state index contributed by atoms with van der Waals surface area (Å²) in [5, 5.41) is 12.5. The SMILES string of the molecule is O=C(OC1CNC(C#Cc2cc3ncnc(Nc4ccc5c(cnn5Cc5ccccc5)c4)c3s2)C1)N1CCCC1. The predicted molar refractivity (Wildman–Crippen MR) is 160 cm³/mol. The molecule has 2 aliphatic heterocycles. The number of likely N-dealkylation sites (tertiary alicyclic amines) is 1. The molecule has 10 heteroatoms. The Hall–Kier alpha value is -4.46. The Morgan fingerprint density at radius 2 is 2.00 bits per heavy atom. The number of benzene rings is 2. The van der Waals surface area contributed by atoms with Gasteiger partial charge in [0.2, 0.25) is 0 Å². The largest absolute Gasteiger partial charge is 0.445 e. The van der Waals surface area contributed by atoms with Crippen LogP contribution in [0.5, 0.6) is 0 Å². The summed E-state index contributed by atoms with van der Waals surface area (Å²) in [6, 6.07) is 18.5. The number of anilines is 2. The Morgan fingerprint density at radius 1 is 1.12 bits per heavy atom. The molecule has 0 saturated carbocycles. The third-order valence-electron chi connectivity index (χ3n) is 7.48. The summed E-state index contributed by atoms with van der Waals surface area (Å²) in [4.78, 5) is 24.0. The van der Waals surface area contributed by atoms with Gasteiger partial charge in [-0.25, -0.2) is 14.8 Å². The number of amides is 1. The highest BCUT2D eigenvalue weighted by atomic mass is 32.1. The van der Waals surface area contributed by atoms with Crippen molar-refractivity contribution in [3.05, 3.63) is 77.6 Å². The summed E-state index contributed by atoms with van der Waals surface area (Å²) in [6.45, 7) is 2.94. The number of carbonyl (C=O) groups excluding carboxylic acids is 1. The number of rotatable bonds is 5. The number of carbonyl (C=O) groups is 1. The summed E-state index contributed by atoms with van der Waals surface area (Å²) in [7, 11) is 0. The van der Waals surface area contributed by atoms with E-state index in [1.807, 2.05) is 41.2 Å². The van der Waals surface area contributed by atoms with E-state index in [-0.39, 0.29) is 18.2 Å². The van der Waals surface area contributed by atoms with Crippen LogP contribution < -0.4 is 10.6 Å². The van der Waals surface area contributed by atoms with E-state index in [1.165, 1.54) is 5.56 Å². The molecule has 0 bridgehead atoms. The van der Waals surface area contributed by atoms with Crippen molar-refractivity contribution in [1.29, 1.82) is 0 Å². The zero-order valence-electron chi connectivity index (χ0n) is 22.4. The van der Waals surface area contributed by atoms with Gasteiger partial charge in [0, 0.05) is 37.1 Å². The Morgan fingerprint density at radius 3 is 2.88 bits per heavy atom. The number of nitrogens with one attached hydrogen (secondary N) is 2. The fourth-order valence-corrected chi connectivity index (χ4v) is 6.28. The average Bonchev–Trinajstić information content (AvgIpc) is 3.80. The van der Waals surface area contributed by atoms with Crippen LogP contribution in [0.2, 0.25) is 0 Å². The lowest BCUT2D eigenvalue weighted by Crippen LogP contribution is -2.32. The number of nitrogens with zero attached hydrogens (tertiary/aromatic N) is 5. The molecule has 2 atom stereocenters. The molecule has 1 amide bonds. The smallest absolute Gasteiger partial charge is 0.410 e. The molecule has 0 radical (unpaired) electrons. The standard InChI is InChI=1S/C31H29N7O2S/c39-31(37-12-4-5-13-37)40-25-15-23(32-18-25)8-10-26-16-27-29(41-26)30(34-20-33-27)36-24-9-11-28-22(14-24)17-35-38(28)19-21-6-2-1-3-7-21/h1-3,6-7,9,11,14,16-17,20,23,25,32H,4-5,12-13,15,18-19H2,(H,33,34,36). The van der Waals surface area contributed by atoms with Gasteiger partial charge in [-0.05, 0) is 42.7 Å². The van der Waals surface area contributed by atoms with Gasteiger partial charge in [-0.15, -0.1) is 11.3 Å². The zero-order valence-corrected chi connectivity index (χ0v) is 23.2. The van der Waals surface area contributed by atoms with E-state index in [4.69, 9.17) is 4.74 Å². The van der Waals surface area contributed by atoms with Crippen molar-refractivity contribution in [3.63, 3.8) is 0 Å². The molecule has 3 aromatic heterocycles. The molecule has 5 heterocycles. The van der Waals surface area contributed by atoms with Crippen LogP contribution in [-0.2, 0) is 11.3 Å². The van der Waals surface area contributed by atoms with E-state index in [1.54, 1.807) is 22.6 Å². The maximum Gasteiger partial charge on any atom is 0.410 e. The minimum absolute atomic E-state index is 0.0187. The monoisotopic (exact) mass is 563 g/mol. The molecule has 2 unspecified atom stereocenters. The third kappa shape index (κ3) is 5.59. The highest BCUT2D eigenvalue weighted by Crippen LogP contribution is 2.31. The minimum atomic E-state index is -0.203. The first-order chi connectivity index (χ1) is 20.2. The summed E-state index contributed by atoms with van der Waals surface area (Å²) >= 11 is 1.57. The second-order valence-corrected chi connectivity index (χ2v) is 11.5. The number of thiophene rings is 1. The molecular formula is C31H29N7O2S. The highest BCUT2D eigenvalue weighted by molar-refractivity contribution is 7.20. The van der Waals surface area contributed by atoms with Gasteiger partial charge in [-0.1, -0.05) is 42.2 Å². The van der Waals surface area contributed by atoms with Crippen LogP contribution >= 0.6 is 11.3 Å². The van der Waals surface area contributed by atoms with Crippen molar-refractivity contribution in [2.45, 2.75) is 38.0 Å². The van der Waals surface area contributed by atoms with Gasteiger partial charge in [0.15, 0.2) is 5.82 Å². The summed E-state index contributed by atoms with van der Waals surface area (Å²) in [5.41, 5.74) is 4.08. The van der Waals surface area contributed by atoms with E-state index in [2.05, 4.69) is 61.8 Å². The molecule has 2 aliphatic rings. The van der Waals surface area contributed by atoms with Gasteiger partial charge in [-0.2, -0.15) is 5.10 Å². The molecule has 9 nitrogen and oxygen atoms in total. The second kappa shape index (κ2) is 11.2. The second-order valence-electron chi connectivity index (χ2n) is 10.4. The predicted octanol–water partition coefficient (Wildman–Crippen LogP) is 5.15. The van der Waals surface area contributed by atoms with Gasteiger partial charge in [-0.3, -0.25) is 10.00 Å². The number of hydrogen-bond acceptors (Lipinski definition) is 8. The van der Waals surface area contributed by atoms with Crippen molar-refractivity contribution in [3.8, 4) is 11.8 Å². The van der Waals surface area contributed by atoms with Crippen molar-refractivity contribution < 1.29 is 9.53 Å². The van der Waals surface area contributed by atoms with E-state index in [0.29, 0.717) is 13.0 Å². The molecule has 7 rings (SSSR count). The van der Waals surface area contributed by atoms with Crippen LogP contribution in [0.4, 0.5) is 16.3 Å². The third-order valence-corrected chi connectivity index (χ3v) is 8.53. The van der Waals surface area contributed by atoms with E-state index in [9.17, 15) is 4.79 Å². The van der Waals surface area contributed by atoms with Crippen molar-refractivity contribution >= 4 is 50.1 Å². The minimum Gasteiger partial charge on any atom is -0.445 e. The normalized spacial score (nSPS) is 18.5. The quantitative estimate of drug-likeness (QED) is 0.286. The lowest BCUT2D eigenvalue weighted by Gasteiger charge is -2.18. The van der Waals surface area contributed by atoms with Crippen molar-refractivity contribution in [2.24, 2.45) is 0 Å². The summed E-state index contributed by atoms with van der Waals surface area (Å²) in [6.07, 6.45) is 5.92. The van der Waals surface area contributed by atoms with Gasteiger partial charge < -0.3 is 15.0 Å². The Balaban J connectivity index is 1.03. The fourth-order valence-electron chi connectivity index (χ4n) is 5.37. The molecule has 0 aliphatic carbocycles. The van der Waals surface area contributed by atoms with E-state index in [0.717, 1.165) is 70.0 Å². The van der Waals surface area contributed by atoms with Crippen LogP contribution in [0.15, 0.2) is 67.1 Å². The van der Waals surface area contributed by atoms with Crippen LogP contribution in [0.25, 0.3) is 21.1 Å². The lowest BCUT2D eigenvalue weighted by molar-refractivity contribution is 0.0763. The average molecular weight is 564 g/mol. The topological polar surface area (TPSA) is 97.2 Å². The van der Waals surface area contributed by atoms with E-state index >= 15 is 0 Å². The maximum atomic E-state index is 12.3. The molecule has 5 aromatic rings. The maximum absolute atomic E-state index is 12.3. The van der Waals surface area contributed by atoms with Crippen molar-refractivity contribution in [2.75, 3.05) is 25.0 Å². The first kappa shape index (κ1) is 25.5. The molecule has 2 fully saturated rings. The van der Waals surface area contributed by atoms with Crippen LogP contribution in [-0.4, -0.2) is 62.5 Å². The number of ether oxygens (including phenoxy) is 1. The molecule has 41 heavy (non-hydrogen) atoms. The number of fused-ring (bicyclic) bond motifs is 2. The molecule has 206 valence electrons. The van der Waals surface area contributed by atoms with Crippen LogP contribution in [0.1, 0.15) is 29.7 Å². The Labute approximate surface area is 241 Å². The van der Waals surface area contributed by atoms with Crippen LogP contribution in [0.3, 0.4) is 0 Å². The first-order valence-corrected chi connectivity index (χ1v) is 14.7. The number of hydrogen-bond donors (Lipinski definition) is 2. The van der Waals surface area contributed by atoms with E-state index < -0.39 is 0 Å². The number of aromatic nitrogens is 4. The molecule has 2 saturated heterocycles. The highest BCUT2D eigenvalue weighted by Gasteiger charge is 2.28. The van der Waals surface area contributed by atoms with Crippen LogP contribution in [0, 0.1) is 11.8 Å². The molecular weight excluding hydrogens is 534 g/mol. The fraction of sp³-hybridized carbons (Fsp3) is 0.290. The Kier molecular flexibility index (Phi) is 6.96.